The van der Waals surface area contributed by atoms with Crippen LogP contribution in [0.4, 0.5) is 0 Å². The van der Waals surface area contributed by atoms with E-state index in [9.17, 15) is 0 Å². The van der Waals surface area contributed by atoms with Gasteiger partial charge in [-0.3, -0.25) is 0 Å². The van der Waals surface area contributed by atoms with E-state index in [0.717, 1.165) is 0 Å². The summed E-state index contributed by atoms with van der Waals surface area (Å²) in [6, 6.07) is 45.5. The number of benzene rings is 4. The van der Waals surface area contributed by atoms with Gasteiger partial charge in [-0.1, -0.05) is 149 Å². The second kappa shape index (κ2) is 12.5. The average molecular weight is 551 g/mol. The Morgan fingerprint density at radius 2 is 0.718 bits per heavy atom. The molecule has 0 bridgehead atoms. The first kappa shape index (κ1) is 28.3. The SMILES string of the molecule is CC1(C)CC(CP(c2ccccc2)c2ccccc2)C(CP(c2ccccc2)c2ccccc2)CC(C)(C)C1. The maximum Gasteiger partial charge on any atom is -0.0195 e. The van der Waals surface area contributed by atoms with Crippen LogP contribution in [0.15, 0.2) is 121 Å². The molecule has 5 rings (SSSR count). The minimum Gasteiger partial charge on any atom is -0.0622 e. The molecule has 4 aromatic rings. The number of rotatable bonds is 8. The first-order valence-electron chi connectivity index (χ1n) is 14.6. The highest BCUT2D eigenvalue weighted by atomic mass is 31.1. The standard InChI is InChI=1S/C37H44P2/c1-36(2)25-30(27-38(32-17-9-5-10-18-32)33-19-11-6-12-20-33)31(26-37(3,4)29-36)28-39(34-21-13-7-14-22-34)35-23-15-8-16-24-35/h5-24,30-31H,25-29H2,1-4H3. The van der Waals surface area contributed by atoms with Crippen LogP contribution in [0.2, 0.25) is 0 Å². The van der Waals surface area contributed by atoms with Gasteiger partial charge in [0.15, 0.2) is 0 Å². The molecular formula is C37H44P2. The molecule has 0 aromatic heterocycles. The minimum atomic E-state index is -0.411. The summed E-state index contributed by atoms with van der Waals surface area (Å²) in [5.74, 6) is 1.40. The van der Waals surface area contributed by atoms with E-state index in [1.165, 1.54) is 52.8 Å². The van der Waals surface area contributed by atoms with Crippen molar-refractivity contribution in [2.45, 2.75) is 47.0 Å². The van der Waals surface area contributed by atoms with Gasteiger partial charge in [0.25, 0.3) is 0 Å². The Morgan fingerprint density at radius 3 is 0.974 bits per heavy atom. The summed E-state index contributed by atoms with van der Waals surface area (Å²) in [6.07, 6.45) is 6.48. The Kier molecular flexibility index (Phi) is 9.06. The largest absolute Gasteiger partial charge is 0.0622 e. The third-order valence-electron chi connectivity index (χ3n) is 8.36. The molecule has 2 atom stereocenters. The van der Waals surface area contributed by atoms with Crippen LogP contribution in [0.3, 0.4) is 0 Å². The van der Waals surface area contributed by atoms with Gasteiger partial charge in [-0.05, 0) is 91.3 Å². The van der Waals surface area contributed by atoms with Gasteiger partial charge in [-0.15, -0.1) is 0 Å². The normalized spacial score (nSPS) is 20.6. The zero-order valence-electron chi connectivity index (χ0n) is 24.1. The predicted molar refractivity (Wildman–Crippen MR) is 176 cm³/mol. The average Bonchev–Trinajstić information content (AvgIpc) is 3.03. The third kappa shape index (κ3) is 7.48. The smallest absolute Gasteiger partial charge is 0.0195 e. The molecule has 0 N–H and O–H groups in total. The summed E-state index contributed by atoms with van der Waals surface area (Å²) in [5.41, 5.74) is 0.694. The van der Waals surface area contributed by atoms with Crippen LogP contribution in [0.1, 0.15) is 47.0 Å². The highest BCUT2D eigenvalue weighted by molar-refractivity contribution is 7.73. The van der Waals surface area contributed by atoms with E-state index in [-0.39, 0.29) is 0 Å². The third-order valence-corrected chi connectivity index (χ3v) is 13.7. The molecule has 0 radical (unpaired) electrons. The molecule has 1 aliphatic carbocycles. The molecule has 0 heterocycles. The Labute approximate surface area is 239 Å². The van der Waals surface area contributed by atoms with Crippen LogP contribution in [0.5, 0.6) is 0 Å². The lowest BCUT2D eigenvalue weighted by Gasteiger charge is -2.35. The van der Waals surface area contributed by atoms with Crippen molar-refractivity contribution in [2.24, 2.45) is 22.7 Å². The van der Waals surface area contributed by atoms with Gasteiger partial charge in [0.2, 0.25) is 0 Å². The summed E-state index contributed by atoms with van der Waals surface area (Å²) in [7, 11) is -0.822. The monoisotopic (exact) mass is 550 g/mol. The van der Waals surface area contributed by atoms with Crippen molar-refractivity contribution in [1.29, 1.82) is 0 Å². The Morgan fingerprint density at radius 1 is 0.462 bits per heavy atom. The van der Waals surface area contributed by atoms with E-state index in [1.54, 1.807) is 0 Å². The maximum atomic E-state index is 2.54. The van der Waals surface area contributed by atoms with Gasteiger partial charge in [-0.2, -0.15) is 0 Å². The summed E-state index contributed by atoms with van der Waals surface area (Å²) in [4.78, 5) is 0. The number of hydrogen-bond acceptors (Lipinski definition) is 0. The van der Waals surface area contributed by atoms with Crippen molar-refractivity contribution in [3.63, 3.8) is 0 Å². The van der Waals surface area contributed by atoms with E-state index in [0.29, 0.717) is 22.7 Å². The maximum absolute atomic E-state index is 2.54. The van der Waals surface area contributed by atoms with Gasteiger partial charge in [0.1, 0.15) is 0 Å². The van der Waals surface area contributed by atoms with Crippen molar-refractivity contribution < 1.29 is 0 Å². The highest BCUT2D eigenvalue weighted by Crippen LogP contribution is 2.54. The lowest BCUT2D eigenvalue weighted by molar-refractivity contribution is 0.193. The van der Waals surface area contributed by atoms with Gasteiger partial charge in [0.05, 0.1) is 0 Å². The minimum absolute atomic E-state index is 0.347. The zero-order valence-corrected chi connectivity index (χ0v) is 25.9. The Bertz CT molecular complexity index is 1100. The van der Waals surface area contributed by atoms with Crippen molar-refractivity contribution in [3.8, 4) is 0 Å². The van der Waals surface area contributed by atoms with E-state index in [2.05, 4.69) is 149 Å². The molecule has 0 aliphatic heterocycles. The van der Waals surface area contributed by atoms with Crippen molar-refractivity contribution in [3.05, 3.63) is 121 Å². The molecule has 39 heavy (non-hydrogen) atoms. The zero-order chi connectivity index (χ0) is 27.3. The molecular weight excluding hydrogens is 506 g/mol. The lowest BCUT2D eigenvalue weighted by atomic mass is 9.74. The molecule has 4 aromatic carbocycles. The van der Waals surface area contributed by atoms with E-state index in [1.807, 2.05) is 0 Å². The van der Waals surface area contributed by atoms with Gasteiger partial charge >= 0.3 is 0 Å². The molecule has 1 fully saturated rings. The summed E-state index contributed by atoms with van der Waals surface area (Å²) >= 11 is 0. The summed E-state index contributed by atoms with van der Waals surface area (Å²) in [5, 5.41) is 6.08. The van der Waals surface area contributed by atoms with E-state index >= 15 is 0 Å². The molecule has 0 amide bonds. The summed E-state index contributed by atoms with van der Waals surface area (Å²) < 4.78 is 0. The van der Waals surface area contributed by atoms with Crippen molar-refractivity contribution >= 4 is 37.1 Å². The molecule has 0 spiro atoms. The fourth-order valence-electron chi connectivity index (χ4n) is 7.24. The molecule has 0 nitrogen and oxygen atoms in total. The van der Waals surface area contributed by atoms with Crippen LogP contribution in [0, 0.1) is 22.7 Å². The molecule has 2 heteroatoms. The predicted octanol–water partition coefficient (Wildman–Crippen LogP) is 8.72. The fourth-order valence-corrected chi connectivity index (χ4v) is 12.6. The van der Waals surface area contributed by atoms with Crippen LogP contribution in [-0.2, 0) is 0 Å². The van der Waals surface area contributed by atoms with Crippen LogP contribution >= 0.6 is 15.8 Å². The summed E-state index contributed by atoms with van der Waals surface area (Å²) in [6.45, 7) is 10.1. The van der Waals surface area contributed by atoms with Gasteiger partial charge in [-0.25, -0.2) is 0 Å². The molecule has 0 saturated heterocycles. The first-order chi connectivity index (χ1) is 18.8. The quantitative estimate of drug-likeness (QED) is 0.152. The first-order valence-corrected chi connectivity index (χ1v) is 17.6. The molecule has 1 saturated carbocycles. The van der Waals surface area contributed by atoms with Crippen molar-refractivity contribution in [1.82, 2.24) is 0 Å². The van der Waals surface area contributed by atoms with Crippen LogP contribution in [-0.4, -0.2) is 12.3 Å². The Hall–Kier alpha value is -2.26. The van der Waals surface area contributed by atoms with Crippen molar-refractivity contribution in [2.75, 3.05) is 12.3 Å². The van der Waals surface area contributed by atoms with Gasteiger partial charge in [0, 0.05) is 0 Å². The topological polar surface area (TPSA) is 0 Å². The second-order valence-electron chi connectivity index (χ2n) is 13.0. The fraction of sp³-hybridized carbons (Fsp3) is 0.351. The molecule has 1 aliphatic rings. The number of hydrogen-bond donors (Lipinski definition) is 0. The van der Waals surface area contributed by atoms with Crippen LogP contribution < -0.4 is 21.2 Å². The van der Waals surface area contributed by atoms with E-state index in [4.69, 9.17) is 0 Å². The van der Waals surface area contributed by atoms with Gasteiger partial charge < -0.3 is 0 Å². The molecule has 2 unspecified atom stereocenters. The van der Waals surface area contributed by atoms with Crippen LogP contribution in [0.25, 0.3) is 0 Å². The Balaban J connectivity index is 1.55. The highest BCUT2D eigenvalue weighted by Gasteiger charge is 2.42. The second-order valence-corrected chi connectivity index (χ2v) is 17.5. The lowest BCUT2D eigenvalue weighted by Crippen LogP contribution is -2.30. The van der Waals surface area contributed by atoms with E-state index < -0.39 is 15.8 Å². The molecule has 202 valence electrons.